The molecule has 0 saturated heterocycles. The van der Waals surface area contributed by atoms with Gasteiger partial charge in [-0.25, -0.2) is 0 Å². The lowest BCUT2D eigenvalue weighted by Crippen LogP contribution is -2.55. The van der Waals surface area contributed by atoms with Gasteiger partial charge in [-0.2, -0.15) is 0 Å². The second-order valence-electron chi connectivity index (χ2n) is 7.06. The summed E-state index contributed by atoms with van der Waals surface area (Å²) in [7, 11) is 4.55. The topological polar surface area (TPSA) is 15.3 Å². The summed E-state index contributed by atoms with van der Waals surface area (Å²) in [4.78, 5) is 3.92. The van der Waals surface area contributed by atoms with E-state index in [2.05, 4.69) is 56.5 Å². The lowest BCUT2D eigenvalue weighted by atomic mass is 9.70. The molecule has 1 N–H and O–H groups in total. The summed E-state index contributed by atoms with van der Waals surface area (Å²) in [6.45, 7) is 7.98. The Kier molecular flexibility index (Phi) is 5.87. The molecule has 1 heterocycles. The second kappa shape index (κ2) is 7.26. The molecule has 21 heavy (non-hydrogen) atoms. The quantitative estimate of drug-likeness (QED) is 0.825. The Morgan fingerprint density at radius 1 is 1.38 bits per heavy atom. The summed E-state index contributed by atoms with van der Waals surface area (Å²) in [5.74, 6) is 0.883. The van der Waals surface area contributed by atoms with Gasteiger partial charge in [0.05, 0.1) is 6.04 Å². The average molecular weight is 309 g/mol. The fourth-order valence-electron chi connectivity index (χ4n) is 3.78. The van der Waals surface area contributed by atoms with E-state index >= 15 is 0 Å². The minimum atomic E-state index is 0.273. The smallest absolute Gasteiger partial charge is 0.0515 e. The SMILES string of the molecule is CCCNC(c1csc(C)c1)C1(N(C)C)CCC(C)CC1. The maximum atomic E-state index is 3.87. The zero-order valence-electron chi connectivity index (χ0n) is 14.4. The minimum absolute atomic E-state index is 0.273. The molecule has 1 aromatic heterocycles. The normalized spacial score (nSPS) is 28.0. The Hall–Kier alpha value is -0.380. The highest BCUT2D eigenvalue weighted by Crippen LogP contribution is 2.44. The maximum absolute atomic E-state index is 3.87. The van der Waals surface area contributed by atoms with E-state index in [0.29, 0.717) is 6.04 Å². The molecule has 1 unspecified atom stereocenters. The minimum Gasteiger partial charge on any atom is -0.308 e. The first-order valence-electron chi connectivity index (χ1n) is 8.45. The van der Waals surface area contributed by atoms with Crippen LogP contribution in [0, 0.1) is 12.8 Å². The molecule has 0 spiro atoms. The molecule has 1 aliphatic rings. The van der Waals surface area contributed by atoms with Gasteiger partial charge in [0.2, 0.25) is 0 Å². The summed E-state index contributed by atoms with van der Waals surface area (Å²) < 4.78 is 0. The van der Waals surface area contributed by atoms with Crippen molar-refractivity contribution in [3.05, 3.63) is 21.9 Å². The van der Waals surface area contributed by atoms with Gasteiger partial charge in [0.1, 0.15) is 0 Å². The summed E-state index contributed by atoms with van der Waals surface area (Å²) in [5, 5.41) is 6.24. The monoisotopic (exact) mass is 308 g/mol. The van der Waals surface area contributed by atoms with Crippen LogP contribution < -0.4 is 5.32 Å². The average Bonchev–Trinajstić information content (AvgIpc) is 2.87. The number of hydrogen-bond donors (Lipinski definition) is 1. The molecule has 2 nitrogen and oxygen atoms in total. The van der Waals surface area contributed by atoms with Crippen molar-refractivity contribution in [2.75, 3.05) is 20.6 Å². The highest BCUT2D eigenvalue weighted by molar-refractivity contribution is 7.10. The van der Waals surface area contributed by atoms with E-state index in [9.17, 15) is 0 Å². The van der Waals surface area contributed by atoms with E-state index in [1.165, 1.54) is 42.5 Å². The number of aryl methyl sites for hydroxylation is 1. The molecule has 0 bridgehead atoms. The fourth-order valence-corrected chi connectivity index (χ4v) is 4.51. The maximum Gasteiger partial charge on any atom is 0.0515 e. The standard InChI is InChI=1S/C18H32N2S/c1-6-11-19-17(16-12-15(3)21-13-16)18(20(4)5)9-7-14(2)8-10-18/h12-14,17,19H,6-11H2,1-5H3. The van der Waals surface area contributed by atoms with E-state index in [1.54, 1.807) is 0 Å². The van der Waals surface area contributed by atoms with Crippen molar-refractivity contribution in [3.8, 4) is 0 Å². The van der Waals surface area contributed by atoms with Crippen LogP contribution in [0.3, 0.4) is 0 Å². The van der Waals surface area contributed by atoms with Crippen molar-refractivity contribution in [2.24, 2.45) is 5.92 Å². The van der Waals surface area contributed by atoms with Crippen LogP contribution in [0.1, 0.15) is 62.4 Å². The van der Waals surface area contributed by atoms with Crippen LogP contribution in [0.4, 0.5) is 0 Å². The van der Waals surface area contributed by atoms with Crippen LogP contribution in [-0.4, -0.2) is 31.1 Å². The molecule has 2 rings (SSSR count). The van der Waals surface area contributed by atoms with Gasteiger partial charge in [-0.15, -0.1) is 11.3 Å². The third-order valence-corrected chi connectivity index (χ3v) is 6.13. The Balaban J connectivity index is 2.31. The van der Waals surface area contributed by atoms with Gasteiger partial charge in [-0.05, 0) is 82.6 Å². The van der Waals surface area contributed by atoms with Gasteiger partial charge in [-0.1, -0.05) is 13.8 Å². The van der Waals surface area contributed by atoms with Gasteiger partial charge < -0.3 is 10.2 Å². The molecule has 1 atom stereocenters. The van der Waals surface area contributed by atoms with Crippen molar-refractivity contribution >= 4 is 11.3 Å². The molecular weight excluding hydrogens is 276 g/mol. The number of likely N-dealkylation sites (N-methyl/N-ethyl adjacent to an activating group) is 1. The first kappa shape index (κ1) is 17.0. The van der Waals surface area contributed by atoms with Crippen LogP contribution >= 0.6 is 11.3 Å². The zero-order valence-corrected chi connectivity index (χ0v) is 15.2. The summed E-state index contributed by atoms with van der Waals surface area (Å²) >= 11 is 1.88. The predicted octanol–water partition coefficient (Wildman–Crippen LogP) is 4.61. The third kappa shape index (κ3) is 3.69. The molecule has 120 valence electrons. The van der Waals surface area contributed by atoms with Crippen molar-refractivity contribution in [2.45, 2.75) is 64.5 Å². The van der Waals surface area contributed by atoms with Crippen molar-refractivity contribution in [3.63, 3.8) is 0 Å². The molecule has 3 heteroatoms. The number of nitrogens with one attached hydrogen (secondary N) is 1. The van der Waals surface area contributed by atoms with E-state index < -0.39 is 0 Å². The summed E-state index contributed by atoms with van der Waals surface area (Å²) in [6.07, 6.45) is 6.51. The van der Waals surface area contributed by atoms with E-state index in [-0.39, 0.29) is 5.54 Å². The lowest BCUT2D eigenvalue weighted by Gasteiger charge is -2.50. The highest BCUT2D eigenvalue weighted by atomic mass is 32.1. The lowest BCUT2D eigenvalue weighted by molar-refractivity contribution is 0.0430. The van der Waals surface area contributed by atoms with Crippen molar-refractivity contribution < 1.29 is 0 Å². The Morgan fingerprint density at radius 2 is 2.05 bits per heavy atom. The molecule has 1 fully saturated rings. The Morgan fingerprint density at radius 3 is 2.52 bits per heavy atom. The van der Waals surface area contributed by atoms with Crippen molar-refractivity contribution in [1.29, 1.82) is 0 Å². The predicted molar refractivity (Wildman–Crippen MR) is 94.1 cm³/mol. The largest absolute Gasteiger partial charge is 0.308 e. The van der Waals surface area contributed by atoms with E-state index in [1.807, 2.05) is 11.3 Å². The molecule has 1 aromatic rings. The van der Waals surface area contributed by atoms with Gasteiger partial charge >= 0.3 is 0 Å². The summed E-state index contributed by atoms with van der Waals surface area (Å²) in [6, 6.07) is 2.85. The highest BCUT2D eigenvalue weighted by Gasteiger charge is 2.43. The van der Waals surface area contributed by atoms with Gasteiger partial charge in [-0.3, -0.25) is 0 Å². The fraction of sp³-hybridized carbons (Fsp3) is 0.778. The van der Waals surface area contributed by atoms with Crippen LogP contribution in [-0.2, 0) is 0 Å². The summed E-state index contributed by atoms with van der Waals surface area (Å²) in [5.41, 5.74) is 1.77. The van der Waals surface area contributed by atoms with Gasteiger partial charge in [0.25, 0.3) is 0 Å². The Labute approximate surface area is 134 Å². The first-order valence-corrected chi connectivity index (χ1v) is 9.33. The molecule has 1 saturated carbocycles. The molecule has 0 aromatic carbocycles. The zero-order chi connectivity index (χ0) is 15.5. The third-order valence-electron chi connectivity index (χ3n) is 5.25. The number of thiophene rings is 1. The molecule has 1 aliphatic carbocycles. The van der Waals surface area contributed by atoms with E-state index in [4.69, 9.17) is 0 Å². The number of nitrogens with zero attached hydrogens (tertiary/aromatic N) is 1. The van der Waals surface area contributed by atoms with Crippen LogP contribution in [0.2, 0.25) is 0 Å². The Bertz CT molecular complexity index is 430. The molecule has 0 radical (unpaired) electrons. The van der Waals surface area contributed by atoms with Crippen LogP contribution in [0.25, 0.3) is 0 Å². The van der Waals surface area contributed by atoms with Crippen molar-refractivity contribution in [1.82, 2.24) is 10.2 Å². The molecule has 0 amide bonds. The number of rotatable bonds is 6. The van der Waals surface area contributed by atoms with Gasteiger partial charge in [0.15, 0.2) is 0 Å². The molecular formula is C18H32N2S. The second-order valence-corrected chi connectivity index (χ2v) is 8.17. The van der Waals surface area contributed by atoms with Gasteiger partial charge in [0, 0.05) is 10.4 Å². The van der Waals surface area contributed by atoms with Crippen LogP contribution in [0.5, 0.6) is 0 Å². The molecule has 0 aliphatic heterocycles. The first-order chi connectivity index (χ1) is 9.99. The van der Waals surface area contributed by atoms with Crippen LogP contribution in [0.15, 0.2) is 11.4 Å². The van der Waals surface area contributed by atoms with E-state index in [0.717, 1.165) is 12.5 Å². The number of hydrogen-bond acceptors (Lipinski definition) is 3.